The molecule has 1 N–H and O–H groups in total. The first kappa shape index (κ1) is 28.1. The van der Waals surface area contributed by atoms with Crippen LogP contribution in [0.25, 0.3) is 21.5 Å². The second kappa shape index (κ2) is 11.1. The molecule has 1 aliphatic carbocycles. The van der Waals surface area contributed by atoms with Gasteiger partial charge >= 0.3 is 12.3 Å². The molecular formula is C31H31F3N4O4S. The first-order valence-corrected chi connectivity index (χ1v) is 15.5. The minimum Gasteiger partial charge on any atom is -0.462 e. The number of para-hydroxylation sites is 1. The highest BCUT2D eigenvalue weighted by Crippen LogP contribution is 2.46. The van der Waals surface area contributed by atoms with Gasteiger partial charge in [0.25, 0.3) is 0 Å². The Bertz CT molecular complexity index is 1640. The van der Waals surface area contributed by atoms with Crippen LogP contribution in [-0.2, 0) is 11.3 Å². The van der Waals surface area contributed by atoms with Crippen molar-refractivity contribution in [3.05, 3.63) is 59.4 Å². The number of anilines is 1. The van der Waals surface area contributed by atoms with Crippen LogP contribution < -0.4 is 15.0 Å². The number of nitrogens with one attached hydrogen (secondary N) is 1. The number of fused-ring (bicyclic) bond motifs is 3. The average molecular weight is 613 g/mol. The number of alkyl halides is 3. The summed E-state index contributed by atoms with van der Waals surface area (Å²) in [4.78, 5) is 19.6. The molecule has 0 radical (unpaired) electrons. The van der Waals surface area contributed by atoms with Crippen LogP contribution in [0.5, 0.6) is 5.75 Å². The fourth-order valence-corrected chi connectivity index (χ4v) is 7.66. The molecule has 4 heterocycles. The van der Waals surface area contributed by atoms with Crippen molar-refractivity contribution in [3.63, 3.8) is 0 Å². The number of esters is 1. The SMILES string of the molecule is CCOC(=O)c1ccc2nc(N3C4CCC3CC(NCc3c(-c5ccccc5OC(F)(F)F)noc3C3CC3)C4)sc2c1. The van der Waals surface area contributed by atoms with Gasteiger partial charge in [0, 0.05) is 41.7 Å². The molecule has 12 heteroatoms. The maximum Gasteiger partial charge on any atom is 0.573 e. The molecule has 2 atom stereocenters. The lowest BCUT2D eigenvalue weighted by Crippen LogP contribution is -2.49. The van der Waals surface area contributed by atoms with Gasteiger partial charge in [0.1, 0.15) is 17.2 Å². The van der Waals surface area contributed by atoms with E-state index in [1.54, 1.807) is 36.5 Å². The molecule has 0 spiro atoms. The van der Waals surface area contributed by atoms with Gasteiger partial charge < -0.3 is 24.2 Å². The third-order valence-corrected chi connectivity index (χ3v) is 9.58. The lowest BCUT2D eigenvalue weighted by atomic mass is 9.97. The molecule has 1 saturated carbocycles. The zero-order chi connectivity index (χ0) is 29.7. The smallest absolute Gasteiger partial charge is 0.462 e. The summed E-state index contributed by atoms with van der Waals surface area (Å²) in [6, 6.07) is 12.5. The Morgan fingerprint density at radius 2 is 1.88 bits per heavy atom. The highest BCUT2D eigenvalue weighted by Gasteiger charge is 2.42. The van der Waals surface area contributed by atoms with Gasteiger partial charge in [-0.25, -0.2) is 9.78 Å². The third kappa shape index (κ3) is 5.70. The zero-order valence-corrected chi connectivity index (χ0v) is 24.3. The molecule has 7 rings (SSSR count). The van der Waals surface area contributed by atoms with E-state index in [0.717, 1.165) is 65.2 Å². The number of aromatic nitrogens is 2. The lowest BCUT2D eigenvalue weighted by molar-refractivity contribution is -0.274. The Kier molecular flexibility index (Phi) is 7.29. The van der Waals surface area contributed by atoms with E-state index in [1.165, 1.54) is 12.1 Å². The van der Waals surface area contributed by atoms with E-state index in [2.05, 4.69) is 20.1 Å². The molecule has 43 heavy (non-hydrogen) atoms. The van der Waals surface area contributed by atoms with Crippen molar-refractivity contribution in [3.8, 4) is 17.0 Å². The number of hydrogen-bond acceptors (Lipinski definition) is 9. The molecule has 8 nitrogen and oxygen atoms in total. The summed E-state index contributed by atoms with van der Waals surface area (Å²) in [6.07, 6.45) is 1.14. The monoisotopic (exact) mass is 612 g/mol. The quantitative estimate of drug-likeness (QED) is 0.199. The normalized spacial score (nSPS) is 21.9. The summed E-state index contributed by atoms with van der Waals surface area (Å²) < 4.78 is 55.6. The van der Waals surface area contributed by atoms with E-state index in [1.807, 2.05) is 12.1 Å². The minimum absolute atomic E-state index is 0.231. The van der Waals surface area contributed by atoms with Crippen molar-refractivity contribution in [2.24, 2.45) is 0 Å². The van der Waals surface area contributed by atoms with Gasteiger partial charge in [0.15, 0.2) is 5.13 Å². The maximum atomic E-state index is 13.1. The van der Waals surface area contributed by atoms with E-state index in [-0.39, 0.29) is 29.2 Å². The highest BCUT2D eigenvalue weighted by molar-refractivity contribution is 7.22. The van der Waals surface area contributed by atoms with Crippen molar-refractivity contribution >= 4 is 32.7 Å². The fourth-order valence-electron chi connectivity index (χ4n) is 6.51. The molecule has 3 fully saturated rings. The van der Waals surface area contributed by atoms with Crippen LogP contribution in [0.1, 0.15) is 73.0 Å². The topological polar surface area (TPSA) is 89.7 Å². The number of nitrogens with zero attached hydrogens (tertiary/aromatic N) is 3. The number of carbonyl (C=O) groups excluding carboxylic acids is 1. The lowest BCUT2D eigenvalue weighted by Gasteiger charge is -2.39. The second-order valence-electron chi connectivity index (χ2n) is 11.4. The molecule has 0 amide bonds. The van der Waals surface area contributed by atoms with Crippen molar-refractivity contribution in [2.75, 3.05) is 11.5 Å². The molecule has 226 valence electrons. The summed E-state index contributed by atoms with van der Waals surface area (Å²) in [5.74, 6) is 0.378. The molecule has 2 aliphatic heterocycles. The molecule has 2 aromatic heterocycles. The molecule has 2 aromatic carbocycles. The molecule has 4 aromatic rings. The molecule has 2 unspecified atom stereocenters. The predicted octanol–water partition coefficient (Wildman–Crippen LogP) is 7.19. The summed E-state index contributed by atoms with van der Waals surface area (Å²) in [5.41, 5.74) is 2.87. The van der Waals surface area contributed by atoms with E-state index in [4.69, 9.17) is 14.2 Å². The van der Waals surface area contributed by atoms with Crippen molar-refractivity contribution in [2.45, 2.75) is 82.4 Å². The maximum absolute atomic E-state index is 13.1. The van der Waals surface area contributed by atoms with Gasteiger partial charge in [0.2, 0.25) is 0 Å². The standard InChI is InChI=1S/C31H31F3N4O4S/c1-2-40-29(39)18-9-12-24-26(13-18)43-30(36-24)38-20-10-11-21(38)15-19(14-20)35-16-23-27(37-42-28(23)17-7-8-17)22-5-3-4-6-25(22)41-31(32,33)34/h3-6,9,12-13,17,19-21,35H,2,7-8,10-11,14-16H2,1H3. The number of thiazole rings is 1. The Morgan fingerprint density at radius 3 is 2.60 bits per heavy atom. The number of benzene rings is 2. The number of piperidine rings is 1. The van der Waals surface area contributed by atoms with E-state index >= 15 is 0 Å². The van der Waals surface area contributed by atoms with Crippen LogP contribution in [0.2, 0.25) is 0 Å². The first-order chi connectivity index (χ1) is 20.8. The molecule has 2 bridgehead atoms. The van der Waals surface area contributed by atoms with Crippen LogP contribution in [0.15, 0.2) is 47.0 Å². The summed E-state index contributed by atoms with van der Waals surface area (Å²) in [5, 5.41) is 8.91. The van der Waals surface area contributed by atoms with Gasteiger partial charge in [-0.05, 0) is 75.8 Å². The van der Waals surface area contributed by atoms with Gasteiger partial charge in [-0.3, -0.25) is 0 Å². The number of ether oxygens (including phenoxy) is 2. The zero-order valence-electron chi connectivity index (χ0n) is 23.5. The minimum atomic E-state index is -4.81. The van der Waals surface area contributed by atoms with Crippen LogP contribution in [0.4, 0.5) is 18.3 Å². The van der Waals surface area contributed by atoms with Crippen molar-refractivity contribution in [1.29, 1.82) is 0 Å². The summed E-state index contributed by atoms with van der Waals surface area (Å²) in [7, 11) is 0. The molecular weight excluding hydrogens is 581 g/mol. The van der Waals surface area contributed by atoms with Crippen LogP contribution in [-0.4, -0.2) is 47.2 Å². The summed E-state index contributed by atoms with van der Waals surface area (Å²) in [6.45, 7) is 2.57. The average Bonchev–Trinajstić information content (AvgIpc) is 3.49. The van der Waals surface area contributed by atoms with E-state index in [9.17, 15) is 18.0 Å². The number of carbonyl (C=O) groups is 1. The largest absolute Gasteiger partial charge is 0.573 e. The molecule has 2 saturated heterocycles. The predicted molar refractivity (Wildman–Crippen MR) is 155 cm³/mol. The van der Waals surface area contributed by atoms with Gasteiger partial charge in [-0.2, -0.15) is 0 Å². The van der Waals surface area contributed by atoms with E-state index < -0.39 is 6.36 Å². The van der Waals surface area contributed by atoms with Crippen LogP contribution in [0.3, 0.4) is 0 Å². The Balaban J connectivity index is 1.08. The van der Waals surface area contributed by atoms with Crippen molar-refractivity contribution in [1.82, 2.24) is 15.5 Å². The fraction of sp³-hybridized carbons (Fsp3) is 0.452. The van der Waals surface area contributed by atoms with Crippen LogP contribution in [0, 0.1) is 0 Å². The highest BCUT2D eigenvalue weighted by atomic mass is 32.1. The van der Waals surface area contributed by atoms with Gasteiger partial charge in [-0.15, -0.1) is 13.2 Å². The number of hydrogen-bond donors (Lipinski definition) is 1. The van der Waals surface area contributed by atoms with Crippen LogP contribution >= 0.6 is 11.3 Å². The number of rotatable bonds is 9. The Hall–Kier alpha value is -3.64. The second-order valence-corrected chi connectivity index (χ2v) is 12.4. The van der Waals surface area contributed by atoms with E-state index in [0.29, 0.717) is 36.5 Å². The van der Waals surface area contributed by atoms with Gasteiger partial charge in [0.05, 0.1) is 22.4 Å². The first-order valence-electron chi connectivity index (χ1n) is 14.7. The third-order valence-electron chi connectivity index (χ3n) is 8.54. The van der Waals surface area contributed by atoms with Gasteiger partial charge in [-0.1, -0.05) is 28.6 Å². The Labute approximate surface area is 250 Å². The summed E-state index contributed by atoms with van der Waals surface area (Å²) >= 11 is 1.60. The number of halogens is 3. The molecule has 3 aliphatic rings. The Morgan fingerprint density at radius 1 is 1.12 bits per heavy atom. The van der Waals surface area contributed by atoms with Crippen molar-refractivity contribution < 1.29 is 32.0 Å².